The van der Waals surface area contributed by atoms with Crippen LogP contribution >= 0.6 is 11.8 Å². The van der Waals surface area contributed by atoms with Gasteiger partial charge in [0.2, 0.25) is 11.8 Å². The fourth-order valence-corrected chi connectivity index (χ4v) is 3.54. The van der Waals surface area contributed by atoms with Gasteiger partial charge in [0.25, 0.3) is 0 Å². The molecule has 6 nitrogen and oxygen atoms in total. The third-order valence-corrected chi connectivity index (χ3v) is 5.55. The van der Waals surface area contributed by atoms with Crippen molar-refractivity contribution < 1.29 is 19.1 Å². The maximum absolute atomic E-state index is 12.9. The zero-order valence-electron chi connectivity index (χ0n) is 15.2. The monoisotopic (exact) mass is 366 g/mol. The molecule has 1 heterocycles. The molecule has 1 aliphatic heterocycles. The van der Waals surface area contributed by atoms with Crippen molar-refractivity contribution in [1.29, 1.82) is 0 Å². The van der Waals surface area contributed by atoms with Gasteiger partial charge < -0.3 is 19.7 Å². The minimum atomic E-state index is -0.506. The molecule has 0 saturated carbocycles. The first-order chi connectivity index (χ1) is 11.9. The molecular formula is C18H26N2O4S. The molecule has 2 amide bonds. The van der Waals surface area contributed by atoms with Crippen molar-refractivity contribution in [2.24, 2.45) is 0 Å². The molecule has 25 heavy (non-hydrogen) atoms. The third kappa shape index (κ3) is 5.12. The minimum absolute atomic E-state index is 0.0868. The van der Waals surface area contributed by atoms with Crippen molar-refractivity contribution in [2.45, 2.75) is 31.2 Å². The van der Waals surface area contributed by atoms with Gasteiger partial charge in [-0.1, -0.05) is 12.1 Å². The summed E-state index contributed by atoms with van der Waals surface area (Å²) in [6, 6.07) is 7.11. The average molecular weight is 366 g/mol. The highest BCUT2D eigenvalue weighted by molar-refractivity contribution is 8.01. The largest absolute Gasteiger partial charge is 0.497 e. The number of nitrogens with one attached hydrogen (secondary N) is 1. The van der Waals surface area contributed by atoms with Crippen LogP contribution in [0.1, 0.15) is 19.4 Å². The Hall–Kier alpha value is -1.73. The van der Waals surface area contributed by atoms with Crippen LogP contribution in [0, 0.1) is 0 Å². The van der Waals surface area contributed by atoms with E-state index in [1.807, 2.05) is 38.1 Å². The van der Waals surface area contributed by atoms with E-state index in [0.29, 0.717) is 25.4 Å². The number of amides is 2. The second-order valence-electron chi connectivity index (χ2n) is 6.45. The summed E-state index contributed by atoms with van der Waals surface area (Å²) >= 11 is 1.51. The van der Waals surface area contributed by atoms with Gasteiger partial charge in [-0.15, -0.1) is 11.8 Å². The lowest BCUT2D eigenvalue weighted by molar-refractivity contribution is -0.137. The van der Waals surface area contributed by atoms with Crippen LogP contribution in [0.3, 0.4) is 0 Å². The lowest BCUT2D eigenvalue weighted by atomic mass is 10.1. The summed E-state index contributed by atoms with van der Waals surface area (Å²) in [5.41, 5.74) is 0.971. The summed E-state index contributed by atoms with van der Waals surface area (Å²) < 4.78 is 9.88. The van der Waals surface area contributed by atoms with Gasteiger partial charge in [0.15, 0.2) is 0 Å². The van der Waals surface area contributed by atoms with Crippen molar-refractivity contribution in [3.63, 3.8) is 0 Å². The molecule has 1 saturated heterocycles. The van der Waals surface area contributed by atoms with Crippen LogP contribution in [0.4, 0.5) is 0 Å². The maximum atomic E-state index is 12.9. The van der Waals surface area contributed by atoms with E-state index in [-0.39, 0.29) is 11.8 Å². The first-order valence-corrected chi connectivity index (χ1v) is 9.21. The van der Waals surface area contributed by atoms with Gasteiger partial charge in [-0.05, 0) is 31.5 Å². The van der Waals surface area contributed by atoms with E-state index in [2.05, 4.69) is 5.32 Å². The van der Waals surface area contributed by atoms with Crippen LogP contribution in [0.2, 0.25) is 0 Å². The molecule has 1 aromatic rings. The number of nitrogens with zero attached hydrogens (tertiary/aromatic N) is 1. The fourth-order valence-electron chi connectivity index (χ4n) is 2.54. The van der Waals surface area contributed by atoms with Gasteiger partial charge in [0.1, 0.15) is 11.8 Å². The summed E-state index contributed by atoms with van der Waals surface area (Å²) in [6.45, 7) is 5.08. The molecule has 0 bridgehead atoms. The van der Waals surface area contributed by atoms with E-state index in [1.165, 1.54) is 11.8 Å². The molecule has 0 spiro atoms. The van der Waals surface area contributed by atoms with Gasteiger partial charge in [0, 0.05) is 26.0 Å². The average Bonchev–Trinajstić information content (AvgIpc) is 2.60. The predicted molar refractivity (Wildman–Crippen MR) is 98.8 cm³/mol. The zero-order chi connectivity index (χ0) is 18.4. The summed E-state index contributed by atoms with van der Waals surface area (Å²) in [6.07, 6.45) is 0. The molecule has 1 atom stereocenters. The van der Waals surface area contributed by atoms with Crippen LogP contribution in [0.5, 0.6) is 5.75 Å². The molecule has 7 heteroatoms. The molecule has 1 N–H and O–H groups in total. The maximum Gasteiger partial charge on any atom is 0.246 e. The lowest BCUT2D eigenvalue weighted by Crippen LogP contribution is -2.57. The van der Waals surface area contributed by atoms with Crippen molar-refractivity contribution in [3.8, 4) is 5.75 Å². The number of thioether (sulfide) groups is 1. The first-order valence-electron chi connectivity index (χ1n) is 8.23. The standard InChI is InChI=1S/C18H26N2O4S/c1-18(2)17(22)19-15(12-25-18)16(21)20(8-9-23-3)11-13-6-5-7-14(10-13)24-4/h5-7,10,15H,8-9,11-12H2,1-4H3,(H,19,22)/t15-/m0/s1. The Morgan fingerprint density at radius 1 is 1.40 bits per heavy atom. The Balaban J connectivity index is 2.10. The quantitative estimate of drug-likeness (QED) is 0.795. The Morgan fingerprint density at radius 3 is 2.80 bits per heavy atom. The highest BCUT2D eigenvalue weighted by Crippen LogP contribution is 2.29. The van der Waals surface area contributed by atoms with E-state index in [1.54, 1.807) is 19.1 Å². The Kier molecular flexibility index (Phi) is 6.72. The Bertz CT molecular complexity index is 621. The number of ether oxygens (including phenoxy) is 2. The molecule has 1 aromatic carbocycles. The molecule has 0 aliphatic carbocycles. The van der Waals surface area contributed by atoms with Gasteiger partial charge in [-0.3, -0.25) is 9.59 Å². The van der Waals surface area contributed by atoms with Crippen LogP contribution < -0.4 is 10.1 Å². The summed E-state index contributed by atoms with van der Waals surface area (Å²) in [5, 5.41) is 2.86. The Morgan fingerprint density at radius 2 is 2.16 bits per heavy atom. The molecule has 1 aliphatic rings. The highest BCUT2D eigenvalue weighted by Gasteiger charge is 2.39. The fraction of sp³-hybridized carbons (Fsp3) is 0.556. The third-order valence-electron chi connectivity index (χ3n) is 4.15. The van der Waals surface area contributed by atoms with Crippen molar-refractivity contribution in [1.82, 2.24) is 10.2 Å². The van der Waals surface area contributed by atoms with Crippen LogP contribution in [0.15, 0.2) is 24.3 Å². The van der Waals surface area contributed by atoms with Crippen molar-refractivity contribution >= 4 is 23.6 Å². The number of hydrogen-bond acceptors (Lipinski definition) is 5. The van der Waals surface area contributed by atoms with Crippen molar-refractivity contribution in [2.75, 3.05) is 33.1 Å². The van der Waals surface area contributed by atoms with Crippen LogP contribution in [-0.2, 0) is 20.9 Å². The smallest absolute Gasteiger partial charge is 0.246 e. The summed E-state index contributed by atoms with van der Waals surface area (Å²) in [4.78, 5) is 26.8. The second kappa shape index (κ2) is 8.58. The van der Waals surface area contributed by atoms with E-state index in [4.69, 9.17) is 9.47 Å². The summed E-state index contributed by atoms with van der Waals surface area (Å²) in [7, 11) is 3.22. The van der Waals surface area contributed by atoms with E-state index in [9.17, 15) is 9.59 Å². The van der Waals surface area contributed by atoms with Gasteiger partial charge in [-0.25, -0.2) is 0 Å². The number of benzene rings is 1. The second-order valence-corrected chi connectivity index (χ2v) is 8.09. The van der Waals surface area contributed by atoms with Gasteiger partial charge >= 0.3 is 0 Å². The van der Waals surface area contributed by atoms with Crippen LogP contribution in [0.25, 0.3) is 0 Å². The van der Waals surface area contributed by atoms with E-state index < -0.39 is 10.8 Å². The van der Waals surface area contributed by atoms with E-state index >= 15 is 0 Å². The van der Waals surface area contributed by atoms with Gasteiger partial charge in [0.05, 0.1) is 18.5 Å². The van der Waals surface area contributed by atoms with Crippen LogP contribution in [-0.4, -0.2) is 60.6 Å². The summed E-state index contributed by atoms with van der Waals surface area (Å²) in [5.74, 6) is 1.13. The normalized spacial score (nSPS) is 19.2. The molecule has 0 radical (unpaired) electrons. The Labute approximate surface area is 153 Å². The number of rotatable bonds is 7. The molecule has 2 rings (SSSR count). The number of methoxy groups -OCH3 is 2. The van der Waals surface area contributed by atoms with E-state index in [0.717, 1.165) is 11.3 Å². The SMILES string of the molecule is COCCN(Cc1cccc(OC)c1)C(=O)[C@@H]1CSC(C)(C)C(=O)N1. The topological polar surface area (TPSA) is 67.9 Å². The molecule has 138 valence electrons. The number of carbonyl (C=O) groups is 2. The highest BCUT2D eigenvalue weighted by atomic mass is 32.2. The first kappa shape index (κ1) is 19.6. The minimum Gasteiger partial charge on any atom is -0.497 e. The van der Waals surface area contributed by atoms with Gasteiger partial charge in [-0.2, -0.15) is 0 Å². The predicted octanol–water partition coefficient (Wildman–Crippen LogP) is 1.68. The van der Waals surface area contributed by atoms with Crippen molar-refractivity contribution in [3.05, 3.63) is 29.8 Å². The lowest BCUT2D eigenvalue weighted by Gasteiger charge is -2.35. The molecule has 0 aromatic heterocycles. The number of hydrogen-bond donors (Lipinski definition) is 1. The molecule has 0 unspecified atom stereocenters. The molecular weight excluding hydrogens is 340 g/mol. The zero-order valence-corrected chi connectivity index (χ0v) is 16.0. The number of carbonyl (C=O) groups excluding carboxylic acids is 2. The molecule has 1 fully saturated rings.